The van der Waals surface area contributed by atoms with Gasteiger partial charge in [-0.05, 0) is 30.3 Å². The summed E-state index contributed by atoms with van der Waals surface area (Å²) in [4.78, 5) is -0.132. The van der Waals surface area contributed by atoms with Crippen molar-refractivity contribution in [1.29, 1.82) is 0 Å². The molecular weight excluding hydrogens is 228 g/mol. The predicted molar refractivity (Wildman–Crippen MR) is 58.4 cm³/mol. The van der Waals surface area contributed by atoms with Gasteiger partial charge in [-0.3, -0.25) is 4.55 Å². The second kappa shape index (κ2) is 4.03. The molecule has 2 aromatic rings. The highest BCUT2D eigenvalue weighted by atomic mass is 32.2. The van der Waals surface area contributed by atoms with E-state index < -0.39 is 10.1 Å². The summed E-state index contributed by atoms with van der Waals surface area (Å²) in [6.45, 7) is 0. The smallest absolute Gasteiger partial charge is 0.282 e. The first kappa shape index (κ1) is 10.8. The molecule has 16 heavy (non-hydrogen) atoms. The third kappa shape index (κ3) is 2.26. The number of hydrogen-bond donors (Lipinski definition) is 1. The average Bonchev–Trinajstić information content (AvgIpc) is 2.29. The molecule has 0 aliphatic carbocycles. The van der Waals surface area contributed by atoms with Crippen molar-refractivity contribution in [3.63, 3.8) is 0 Å². The molecule has 0 spiro atoms. The van der Waals surface area contributed by atoms with E-state index in [1.54, 1.807) is 24.3 Å². The lowest BCUT2D eigenvalue weighted by atomic mass is 10.2. The molecule has 1 aromatic heterocycles. The molecule has 1 N–H and O–H groups in total. The van der Waals surface area contributed by atoms with Crippen molar-refractivity contribution in [2.75, 3.05) is 0 Å². The Morgan fingerprint density at radius 1 is 1.00 bits per heavy atom. The topological polar surface area (TPSA) is 65.7 Å². The Morgan fingerprint density at radius 2 is 1.69 bits per heavy atom. The second-order valence-electron chi connectivity index (χ2n) is 3.17. The van der Waals surface area contributed by atoms with E-state index >= 15 is 0 Å². The van der Waals surface area contributed by atoms with Crippen LogP contribution in [0.3, 0.4) is 0 Å². The monoisotopic (exact) mass is 237 g/mol. The first-order valence-corrected chi connectivity index (χ1v) is 5.96. The standard InChI is InChI=1S/C11H8O4S/c12-16(13,14)10-6-4-9(5-7-10)11-3-1-2-8-15-11/h1-8H/p+1. The Labute approximate surface area is 92.9 Å². The highest BCUT2D eigenvalue weighted by Gasteiger charge is 2.12. The summed E-state index contributed by atoms with van der Waals surface area (Å²) in [6, 6.07) is 11.1. The summed E-state index contributed by atoms with van der Waals surface area (Å²) in [6.07, 6.45) is 1.53. The van der Waals surface area contributed by atoms with Gasteiger partial charge in [0.2, 0.25) is 0 Å². The molecule has 5 heteroatoms. The van der Waals surface area contributed by atoms with Gasteiger partial charge in [-0.1, -0.05) is 0 Å². The largest absolute Gasteiger partial charge is 0.359 e. The van der Waals surface area contributed by atoms with Crippen LogP contribution in [0.5, 0.6) is 0 Å². The molecule has 0 amide bonds. The molecule has 0 aliphatic heterocycles. The minimum absolute atomic E-state index is 0.132. The van der Waals surface area contributed by atoms with Crippen LogP contribution in [0.25, 0.3) is 11.3 Å². The quantitative estimate of drug-likeness (QED) is 0.643. The third-order valence-corrected chi connectivity index (χ3v) is 2.94. The molecule has 0 aliphatic rings. The van der Waals surface area contributed by atoms with E-state index in [0.29, 0.717) is 5.76 Å². The summed E-state index contributed by atoms with van der Waals surface area (Å²) in [7, 11) is -4.13. The van der Waals surface area contributed by atoms with Gasteiger partial charge in [0.05, 0.1) is 10.5 Å². The first-order valence-electron chi connectivity index (χ1n) is 4.52. The Balaban J connectivity index is 2.41. The zero-order valence-electron chi connectivity index (χ0n) is 8.20. The molecule has 1 aromatic carbocycles. The lowest BCUT2D eigenvalue weighted by Crippen LogP contribution is -1.97. The molecule has 2 rings (SSSR count). The van der Waals surface area contributed by atoms with Crippen molar-refractivity contribution in [2.24, 2.45) is 0 Å². The van der Waals surface area contributed by atoms with Crippen molar-refractivity contribution in [3.05, 3.63) is 48.7 Å². The minimum atomic E-state index is -4.13. The van der Waals surface area contributed by atoms with Crippen LogP contribution in [0.15, 0.2) is 58.0 Å². The SMILES string of the molecule is O=S(=O)(O)c1ccc(-c2cccc[o+]2)cc1. The summed E-state index contributed by atoms with van der Waals surface area (Å²) >= 11 is 0. The Kier molecular flexibility index (Phi) is 2.72. The molecule has 1 heterocycles. The maximum absolute atomic E-state index is 10.8. The van der Waals surface area contributed by atoms with Crippen molar-refractivity contribution >= 4 is 10.1 Å². The van der Waals surface area contributed by atoms with Crippen LogP contribution in [-0.4, -0.2) is 13.0 Å². The fraction of sp³-hybridized carbons (Fsp3) is 0. The molecule has 0 saturated heterocycles. The molecule has 0 radical (unpaired) electrons. The fourth-order valence-corrected chi connectivity index (χ4v) is 1.78. The predicted octanol–water partition coefficient (Wildman–Crippen LogP) is 2.47. The maximum atomic E-state index is 10.8. The first-order chi connectivity index (χ1) is 7.57. The van der Waals surface area contributed by atoms with Crippen LogP contribution in [-0.2, 0) is 10.1 Å². The highest BCUT2D eigenvalue weighted by molar-refractivity contribution is 7.85. The minimum Gasteiger partial charge on any atom is -0.282 e. The van der Waals surface area contributed by atoms with E-state index in [4.69, 9.17) is 8.97 Å². The Hall–Kier alpha value is -1.72. The van der Waals surface area contributed by atoms with Gasteiger partial charge in [0.15, 0.2) is 0 Å². The lowest BCUT2D eigenvalue weighted by Gasteiger charge is -1.96. The van der Waals surface area contributed by atoms with Crippen molar-refractivity contribution in [3.8, 4) is 11.3 Å². The van der Waals surface area contributed by atoms with Crippen molar-refractivity contribution in [1.82, 2.24) is 0 Å². The number of hydrogen-bond acceptors (Lipinski definition) is 2. The van der Waals surface area contributed by atoms with Crippen LogP contribution < -0.4 is 0 Å². The van der Waals surface area contributed by atoms with Gasteiger partial charge in [0, 0.05) is 12.1 Å². The van der Waals surface area contributed by atoms with E-state index in [1.807, 2.05) is 6.07 Å². The molecule has 0 bridgehead atoms. The van der Waals surface area contributed by atoms with Gasteiger partial charge in [0.1, 0.15) is 0 Å². The number of rotatable bonds is 2. The molecule has 0 saturated carbocycles. The van der Waals surface area contributed by atoms with Gasteiger partial charge in [-0.25, -0.2) is 4.42 Å². The van der Waals surface area contributed by atoms with E-state index in [2.05, 4.69) is 0 Å². The summed E-state index contributed by atoms with van der Waals surface area (Å²) in [5, 5.41) is 0. The van der Waals surface area contributed by atoms with Gasteiger partial charge in [-0.2, -0.15) is 8.42 Å². The molecule has 82 valence electrons. The molecule has 0 fully saturated rings. The fourth-order valence-electron chi connectivity index (χ4n) is 1.30. The van der Waals surface area contributed by atoms with E-state index in [0.717, 1.165) is 5.56 Å². The second-order valence-corrected chi connectivity index (χ2v) is 4.59. The van der Waals surface area contributed by atoms with Crippen LogP contribution in [0.4, 0.5) is 0 Å². The van der Waals surface area contributed by atoms with E-state index in [9.17, 15) is 8.42 Å². The van der Waals surface area contributed by atoms with Crippen LogP contribution in [0, 0.1) is 0 Å². The van der Waals surface area contributed by atoms with Gasteiger partial charge >= 0.3 is 12.0 Å². The summed E-state index contributed by atoms with van der Waals surface area (Å²) in [5.41, 5.74) is 0.744. The number of benzene rings is 1. The normalized spacial score (nSPS) is 11.3. The zero-order valence-corrected chi connectivity index (χ0v) is 9.02. The molecular formula is C11H9O4S+. The lowest BCUT2D eigenvalue weighted by molar-refractivity contribution is 0.483. The molecule has 0 unspecified atom stereocenters. The summed E-state index contributed by atoms with van der Waals surface area (Å²) in [5.74, 6) is 0.629. The molecule has 0 atom stereocenters. The summed E-state index contributed by atoms with van der Waals surface area (Å²) < 4.78 is 35.7. The van der Waals surface area contributed by atoms with Crippen LogP contribution >= 0.6 is 0 Å². The van der Waals surface area contributed by atoms with E-state index in [1.165, 1.54) is 18.4 Å². The van der Waals surface area contributed by atoms with Crippen molar-refractivity contribution in [2.45, 2.75) is 4.90 Å². The van der Waals surface area contributed by atoms with Gasteiger partial charge < -0.3 is 0 Å². The third-order valence-electron chi connectivity index (χ3n) is 2.07. The maximum Gasteiger partial charge on any atom is 0.359 e. The van der Waals surface area contributed by atoms with E-state index in [-0.39, 0.29) is 4.90 Å². The van der Waals surface area contributed by atoms with Crippen LogP contribution in [0.1, 0.15) is 0 Å². The average molecular weight is 237 g/mol. The van der Waals surface area contributed by atoms with Crippen LogP contribution in [0.2, 0.25) is 0 Å². The zero-order chi connectivity index (χ0) is 11.6. The highest BCUT2D eigenvalue weighted by Crippen LogP contribution is 2.20. The van der Waals surface area contributed by atoms with Gasteiger partial charge in [0.25, 0.3) is 10.1 Å². The van der Waals surface area contributed by atoms with Gasteiger partial charge in [-0.15, -0.1) is 0 Å². The Bertz CT molecular complexity index is 573. The molecule has 4 nitrogen and oxygen atoms in total. The van der Waals surface area contributed by atoms with Crippen molar-refractivity contribution < 1.29 is 17.4 Å². The Morgan fingerprint density at radius 3 is 2.19 bits per heavy atom.